The molecule has 134 valence electrons. The summed E-state index contributed by atoms with van der Waals surface area (Å²) in [6, 6.07) is 4.44. The number of likely N-dealkylation sites (N-methyl/N-ethyl adjacent to an activating group) is 1. The van der Waals surface area contributed by atoms with Gasteiger partial charge in [0, 0.05) is 25.2 Å². The van der Waals surface area contributed by atoms with Crippen LogP contribution in [0.1, 0.15) is 36.7 Å². The minimum atomic E-state index is -3.64. The zero-order valence-electron chi connectivity index (χ0n) is 14.5. The lowest BCUT2D eigenvalue weighted by Crippen LogP contribution is -2.37. The number of nitrogens with one attached hydrogen (secondary N) is 2. The number of benzene rings is 1. The smallest absolute Gasteiger partial charge is 0.252 e. The van der Waals surface area contributed by atoms with Crippen molar-refractivity contribution in [2.24, 2.45) is 0 Å². The molecule has 1 aromatic rings. The van der Waals surface area contributed by atoms with Gasteiger partial charge in [-0.3, -0.25) is 9.59 Å². The largest absolute Gasteiger partial charge is 0.355 e. The van der Waals surface area contributed by atoms with Gasteiger partial charge in [-0.25, -0.2) is 8.42 Å². The summed E-state index contributed by atoms with van der Waals surface area (Å²) in [5.74, 6) is -0.772. The van der Waals surface area contributed by atoms with Crippen LogP contribution in [0, 0.1) is 6.92 Å². The lowest BCUT2D eigenvalue weighted by Gasteiger charge is -2.19. The Labute approximate surface area is 143 Å². The van der Waals surface area contributed by atoms with Crippen LogP contribution in [0.15, 0.2) is 23.1 Å². The van der Waals surface area contributed by atoms with E-state index in [4.69, 9.17) is 0 Å². The Morgan fingerprint density at radius 1 is 1.08 bits per heavy atom. The first-order valence-electron chi connectivity index (χ1n) is 7.93. The van der Waals surface area contributed by atoms with Crippen molar-refractivity contribution in [2.75, 3.05) is 26.2 Å². The van der Waals surface area contributed by atoms with E-state index in [1.165, 1.54) is 16.4 Å². The molecule has 0 saturated carbocycles. The highest BCUT2D eigenvalue weighted by Gasteiger charge is 2.23. The van der Waals surface area contributed by atoms with E-state index in [-0.39, 0.29) is 22.9 Å². The van der Waals surface area contributed by atoms with Crippen LogP contribution in [0.25, 0.3) is 0 Å². The Bertz CT molecular complexity index is 697. The first-order chi connectivity index (χ1) is 11.3. The van der Waals surface area contributed by atoms with Gasteiger partial charge in [0.25, 0.3) is 5.91 Å². The summed E-state index contributed by atoms with van der Waals surface area (Å²) in [5, 5.41) is 5.08. The average Bonchev–Trinajstić information content (AvgIpc) is 2.54. The van der Waals surface area contributed by atoms with E-state index in [0.717, 1.165) is 0 Å². The van der Waals surface area contributed by atoms with E-state index in [9.17, 15) is 18.0 Å². The minimum Gasteiger partial charge on any atom is -0.355 e. The van der Waals surface area contributed by atoms with Gasteiger partial charge in [-0.1, -0.05) is 19.9 Å². The van der Waals surface area contributed by atoms with Gasteiger partial charge in [-0.05, 0) is 31.5 Å². The SMILES string of the molecule is CCNC(=O)CNC(=O)c1cc(S(=O)(=O)N(CC)CC)ccc1C. The monoisotopic (exact) mass is 355 g/mol. The molecule has 0 atom stereocenters. The summed E-state index contributed by atoms with van der Waals surface area (Å²) in [7, 11) is -3.64. The highest BCUT2D eigenvalue weighted by Crippen LogP contribution is 2.19. The summed E-state index contributed by atoms with van der Waals surface area (Å²) in [4.78, 5) is 23.8. The van der Waals surface area contributed by atoms with E-state index in [0.29, 0.717) is 25.2 Å². The maximum Gasteiger partial charge on any atom is 0.252 e. The Balaban J connectivity index is 3.06. The summed E-state index contributed by atoms with van der Waals surface area (Å²) in [5.41, 5.74) is 0.884. The van der Waals surface area contributed by atoms with Crippen molar-refractivity contribution < 1.29 is 18.0 Å². The molecule has 7 nitrogen and oxygen atoms in total. The Morgan fingerprint density at radius 3 is 2.25 bits per heavy atom. The molecule has 0 radical (unpaired) electrons. The molecular formula is C16H25N3O4S. The summed E-state index contributed by atoms with van der Waals surface area (Å²) in [6.07, 6.45) is 0. The third-order valence-corrected chi connectivity index (χ3v) is 5.63. The van der Waals surface area contributed by atoms with E-state index in [1.807, 2.05) is 0 Å². The highest BCUT2D eigenvalue weighted by molar-refractivity contribution is 7.89. The topological polar surface area (TPSA) is 95.6 Å². The van der Waals surface area contributed by atoms with Crippen molar-refractivity contribution in [3.05, 3.63) is 29.3 Å². The maximum absolute atomic E-state index is 12.6. The van der Waals surface area contributed by atoms with Gasteiger partial charge in [-0.2, -0.15) is 4.31 Å². The lowest BCUT2D eigenvalue weighted by molar-refractivity contribution is -0.120. The molecule has 0 aliphatic heterocycles. The second-order valence-corrected chi connectivity index (χ2v) is 7.14. The molecule has 0 spiro atoms. The van der Waals surface area contributed by atoms with Gasteiger partial charge in [0.05, 0.1) is 11.4 Å². The fourth-order valence-corrected chi connectivity index (χ4v) is 3.72. The molecule has 1 aromatic carbocycles. The van der Waals surface area contributed by atoms with E-state index >= 15 is 0 Å². The van der Waals surface area contributed by atoms with Gasteiger partial charge >= 0.3 is 0 Å². The highest BCUT2D eigenvalue weighted by atomic mass is 32.2. The average molecular weight is 355 g/mol. The predicted octanol–water partition coefficient (Wildman–Crippen LogP) is 0.891. The number of hydrogen-bond acceptors (Lipinski definition) is 4. The first-order valence-corrected chi connectivity index (χ1v) is 9.37. The van der Waals surface area contributed by atoms with Crippen LogP contribution in [-0.2, 0) is 14.8 Å². The molecule has 8 heteroatoms. The van der Waals surface area contributed by atoms with Crippen LogP contribution in [0.3, 0.4) is 0 Å². The molecule has 0 unspecified atom stereocenters. The molecule has 2 amide bonds. The Hall–Kier alpha value is -1.93. The summed E-state index contributed by atoms with van der Waals surface area (Å²) in [6.45, 7) is 8.05. The minimum absolute atomic E-state index is 0.0694. The molecule has 0 heterocycles. The van der Waals surface area contributed by atoms with Crippen LogP contribution in [0.4, 0.5) is 0 Å². The Kier molecular flexibility index (Phi) is 7.37. The van der Waals surface area contributed by atoms with Gasteiger partial charge in [0.1, 0.15) is 0 Å². The molecule has 0 aliphatic carbocycles. The normalized spacial score (nSPS) is 11.4. The van der Waals surface area contributed by atoms with Crippen molar-refractivity contribution in [2.45, 2.75) is 32.6 Å². The number of sulfonamides is 1. The van der Waals surface area contributed by atoms with E-state index in [2.05, 4.69) is 10.6 Å². The molecule has 0 saturated heterocycles. The van der Waals surface area contributed by atoms with Crippen molar-refractivity contribution in [3.63, 3.8) is 0 Å². The number of amides is 2. The second-order valence-electron chi connectivity index (χ2n) is 5.20. The number of carbonyl (C=O) groups excluding carboxylic acids is 2. The van der Waals surface area contributed by atoms with Crippen LogP contribution in [0.2, 0.25) is 0 Å². The number of hydrogen-bond donors (Lipinski definition) is 2. The lowest BCUT2D eigenvalue weighted by atomic mass is 10.1. The quantitative estimate of drug-likeness (QED) is 0.724. The predicted molar refractivity (Wildman–Crippen MR) is 92.3 cm³/mol. The molecule has 2 N–H and O–H groups in total. The molecule has 0 aromatic heterocycles. The summed E-state index contributed by atoms with van der Waals surface area (Å²) >= 11 is 0. The Morgan fingerprint density at radius 2 is 1.71 bits per heavy atom. The fraction of sp³-hybridized carbons (Fsp3) is 0.500. The van der Waals surface area contributed by atoms with Crippen LogP contribution in [-0.4, -0.2) is 50.7 Å². The molecule has 24 heavy (non-hydrogen) atoms. The zero-order valence-corrected chi connectivity index (χ0v) is 15.4. The van der Waals surface area contributed by atoms with Crippen LogP contribution in [0.5, 0.6) is 0 Å². The van der Waals surface area contributed by atoms with E-state index < -0.39 is 15.9 Å². The zero-order chi connectivity index (χ0) is 18.3. The van der Waals surface area contributed by atoms with Gasteiger partial charge in [0.2, 0.25) is 15.9 Å². The standard InChI is InChI=1S/C16H25N3O4S/c1-5-17-15(20)11-18-16(21)14-10-13(9-8-12(14)4)24(22,23)19(6-2)7-3/h8-10H,5-7,11H2,1-4H3,(H,17,20)(H,18,21). The van der Waals surface area contributed by atoms with Crippen molar-refractivity contribution in [3.8, 4) is 0 Å². The molecule has 0 fully saturated rings. The van der Waals surface area contributed by atoms with Crippen molar-refractivity contribution in [1.82, 2.24) is 14.9 Å². The van der Waals surface area contributed by atoms with Gasteiger partial charge < -0.3 is 10.6 Å². The van der Waals surface area contributed by atoms with Crippen LogP contribution < -0.4 is 10.6 Å². The second kappa shape index (κ2) is 8.79. The van der Waals surface area contributed by atoms with Gasteiger partial charge in [0.15, 0.2) is 0 Å². The van der Waals surface area contributed by atoms with Crippen LogP contribution >= 0.6 is 0 Å². The molecular weight excluding hydrogens is 330 g/mol. The maximum atomic E-state index is 12.6. The number of carbonyl (C=O) groups is 2. The molecule has 0 bridgehead atoms. The molecule has 1 rings (SSSR count). The van der Waals surface area contributed by atoms with E-state index in [1.54, 1.807) is 33.8 Å². The van der Waals surface area contributed by atoms with Gasteiger partial charge in [-0.15, -0.1) is 0 Å². The van der Waals surface area contributed by atoms with Crippen molar-refractivity contribution >= 4 is 21.8 Å². The third-order valence-electron chi connectivity index (χ3n) is 3.58. The number of aryl methyl sites for hydroxylation is 1. The first kappa shape index (κ1) is 20.1. The summed E-state index contributed by atoms with van der Waals surface area (Å²) < 4.78 is 26.5. The fourth-order valence-electron chi connectivity index (χ4n) is 2.23. The molecule has 0 aliphatic rings. The number of rotatable bonds is 8. The van der Waals surface area contributed by atoms with Crippen molar-refractivity contribution in [1.29, 1.82) is 0 Å². The number of nitrogens with zero attached hydrogens (tertiary/aromatic N) is 1. The third kappa shape index (κ3) is 4.78.